The Morgan fingerprint density at radius 3 is 2.50 bits per heavy atom. The van der Waals surface area contributed by atoms with Crippen LogP contribution in [0.1, 0.15) is 13.3 Å². The lowest BCUT2D eigenvalue weighted by molar-refractivity contribution is 0.355. The Morgan fingerprint density at radius 1 is 1.50 bits per heavy atom. The number of hydrogen-bond acceptors (Lipinski definition) is 2. The fourth-order valence-corrected chi connectivity index (χ4v) is 0.640. The number of hydrogen-bond donors (Lipinski definition) is 1. The van der Waals surface area contributed by atoms with Crippen LogP contribution in [-0.2, 0) is 0 Å². The summed E-state index contributed by atoms with van der Waals surface area (Å²) in [4.78, 5) is 2.29. The minimum absolute atomic E-state index is 1.00. The Balaban J connectivity index is 2.86. The van der Waals surface area contributed by atoms with E-state index in [9.17, 15) is 0 Å². The predicted octanol–water partition coefficient (Wildman–Crippen LogP) is 1.26. The molecule has 0 saturated carbocycles. The highest BCUT2D eigenvalue weighted by Crippen LogP contribution is 1.87. The molecule has 1 nitrogen and oxygen atoms in total. The molecule has 0 rings (SSSR count). The maximum atomic E-state index is 4.11. The summed E-state index contributed by atoms with van der Waals surface area (Å²) in [7, 11) is 2.13. The zero-order valence-electron chi connectivity index (χ0n) is 5.72. The zero-order valence-corrected chi connectivity index (χ0v) is 6.62. The summed E-state index contributed by atoms with van der Waals surface area (Å²) in [6, 6.07) is 0. The number of thiol groups is 1. The summed E-state index contributed by atoms with van der Waals surface area (Å²) in [5, 5.41) is 0. The van der Waals surface area contributed by atoms with E-state index in [0.717, 1.165) is 12.3 Å². The minimum atomic E-state index is 1.00. The summed E-state index contributed by atoms with van der Waals surface area (Å²) in [5.41, 5.74) is 0. The van der Waals surface area contributed by atoms with Gasteiger partial charge in [0.05, 0.1) is 0 Å². The molecule has 0 bridgehead atoms. The molecule has 2 heteroatoms. The third-order valence-corrected chi connectivity index (χ3v) is 1.55. The molecule has 0 N–H and O–H groups in total. The van der Waals surface area contributed by atoms with E-state index in [1.54, 1.807) is 0 Å². The molecule has 50 valence electrons. The van der Waals surface area contributed by atoms with Crippen LogP contribution >= 0.6 is 12.6 Å². The largest absolute Gasteiger partial charge is 0.307 e. The predicted molar refractivity (Wildman–Crippen MR) is 41.6 cm³/mol. The molecule has 0 heterocycles. The molecule has 8 heavy (non-hydrogen) atoms. The van der Waals surface area contributed by atoms with Crippen molar-refractivity contribution in [3.8, 4) is 0 Å². The lowest BCUT2D eigenvalue weighted by Gasteiger charge is -2.11. The smallest absolute Gasteiger partial charge is 0.00141 e. The topological polar surface area (TPSA) is 3.24 Å². The second kappa shape index (κ2) is 5.45. The molecule has 0 aliphatic rings. The summed E-state index contributed by atoms with van der Waals surface area (Å²) < 4.78 is 0. The molecule has 0 aliphatic heterocycles. The lowest BCUT2D eigenvalue weighted by atomic mass is 10.4. The Kier molecular flexibility index (Phi) is 5.66. The Bertz CT molecular complexity index is 47.8. The first kappa shape index (κ1) is 8.31. The maximum absolute atomic E-state index is 4.11. The van der Waals surface area contributed by atoms with Gasteiger partial charge in [0.1, 0.15) is 0 Å². The van der Waals surface area contributed by atoms with E-state index >= 15 is 0 Å². The van der Waals surface area contributed by atoms with Gasteiger partial charge in [-0.15, -0.1) is 0 Å². The molecular formula is C6H15NS. The van der Waals surface area contributed by atoms with Gasteiger partial charge in [0.2, 0.25) is 0 Å². The van der Waals surface area contributed by atoms with Crippen molar-refractivity contribution in [1.82, 2.24) is 4.90 Å². The molecule has 0 saturated heterocycles. The van der Waals surface area contributed by atoms with E-state index < -0.39 is 0 Å². The van der Waals surface area contributed by atoms with Crippen molar-refractivity contribution in [1.29, 1.82) is 0 Å². The average Bonchev–Trinajstić information content (AvgIpc) is 1.83. The maximum Gasteiger partial charge on any atom is -0.00141 e. The Hall–Kier alpha value is 0.310. The fraction of sp³-hybridized carbons (Fsp3) is 1.00. The van der Waals surface area contributed by atoms with E-state index in [1.165, 1.54) is 13.0 Å². The molecular weight excluding hydrogens is 118 g/mol. The minimum Gasteiger partial charge on any atom is -0.307 e. The van der Waals surface area contributed by atoms with Gasteiger partial charge in [0, 0.05) is 0 Å². The van der Waals surface area contributed by atoms with Gasteiger partial charge in [-0.3, -0.25) is 0 Å². The highest BCUT2D eigenvalue weighted by molar-refractivity contribution is 7.80. The second-order valence-electron chi connectivity index (χ2n) is 1.97. The van der Waals surface area contributed by atoms with Crippen molar-refractivity contribution < 1.29 is 0 Å². The van der Waals surface area contributed by atoms with Crippen molar-refractivity contribution in [2.45, 2.75) is 13.3 Å². The first-order chi connectivity index (χ1) is 3.81. The summed E-state index contributed by atoms with van der Waals surface area (Å²) in [6.07, 6.45) is 1.20. The first-order valence-electron chi connectivity index (χ1n) is 3.10. The zero-order chi connectivity index (χ0) is 6.41. The van der Waals surface area contributed by atoms with Crippen molar-refractivity contribution in [2.75, 3.05) is 25.9 Å². The van der Waals surface area contributed by atoms with Gasteiger partial charge in [0.15, 0.2) is 0 Å². The highest BCUT2D eigenvalue weighted by Gasteiger charge is 1.89. The quantitative estimate of drug-likeness (QED) is 0.565. The molecule has 0 aromatic rings. The molecule has 0 unspecified atom stereocenters. The van der Waals surface area contributed by atoms with E-state index in [2.05, 4.69) is 31.5 Å². The van der Waals surface area contributed by atoms with Crippen LogP contribution in [-0.4, -0.2) is 30.8 Å². The van der Waals surface area contributed by atoms with Crippen LogP contribution < -0.4 is 0 Å². The average molecular weight is 133 g/mol. The van der Waals surface area contributed by atoms with Crippen molar-refractivity contribution in [2.24, 2.45) is 0 Å². The highest BCUT2D eigenvalue weighted by atomic mass is 32.1. The number of nitrogens with zero attached hydrogens (tertiary/aromatic N) is 1. The van der Waals surface area contributed by atoms with Gasteiger partial charge in [-0.25, -0.2) is 0 Å². The summed E-state index contributed by atoms with van der Waals surface area (Å²) >= 11 is 4.11. The van der Waals surface area contributed by atoms with Crippen LogP contribution in [0.3, 0.4) is 0 Å². The van der Waals surface area contributed by atoms with Crippen LogP contribution in [0.15, 0.2) is 0 Å². The molecule has 0 spiro atoms. The van der Waals surface area contributed by atoms with Crippen LogP contribution in [0.4, 0.5) is 0 Å². The van der Waals surface area contributed by atoms with Crippen LogP contribution in [0, 0.1) is 0 Å². The second-order valence-corrected chi connectivity index (χ2v) is 2.42. The first-order valence-corrected chi connectivity index (χ1v) is 3.74. The SMILES string of the molecule is CCN(C)CCCS. The Morgan fingerprint density at radius 2 is 2.12 bits per heavy atom. The third-order valence-electron chi connectivity index (χ3n) is 1.24. The van der Waals surface area contributed by atoms with Gasteiger partial charge in [-0.2, -0.15) is 12.6 Å². The molecule has 0 radical (unpaired) electrons. The van der Waals surface area contributed by atoms with E-state index in [0.29, 0.717) is 0 Å². The summed E-state index contributed by atoms with van der Waals surface area (Å²) in [5.74, 6) is 1.00. The van der Waals surface area contributed by atoms with Crippen molar-refractivity contribution in [3.05, 3.63) is 0 Å². The number of rotatable bonds is 4. The Labute approximate surface area is 57.5 Å². The monoisotopic (exact) mass is 133 g/mol. The lowest BCUT2D eigenvalue weighted by Crippen LogP contribution is -2.18. The fourth-order valence-electron chi connectivity index (χ4n) is 0.499. The van der Waals surface area contributed by atoms with Crippen LogP contribution in [0.25, 0.3) is 0 Å². The van der Waals surface area contributed by atoms with Crippen molar-refractivity contribution in [3.63, 3.8) is 0 Å². The normalized spacial score (nSPS) is 10.5. The van der Waals surface area contributed by atoms with Crippen molar-refractivity contribution >= 4 is 12.6 Å². The molecule has 0 aromatic heterocycles. The molecule has 0 fully saturated rings. The van der Waals surface area contributed by atoms with E-state index in [4.69, 9.17) is 0 Å². The van der Waals surface area contributed by atoms with Gasteiger partial charge in [-0.1, -0.05) is 6.92 Å². The van der Waals surface area contributed by atoms with Gasteiger partial charge in [0.25, 0.3) is 0 Å². The van der Waals surface area contributed by atoms with Gasteiger partial charge < -0.3 is 4.90 Å². The third kappa shape index (κ3) is 4.47. The van der Waals surface area contributed by atoms with E-state index in [1.807, 2.05) is 0 Å². The summed E-state index contributed by atoms with van der Waals surface area (Å²) in [6.45, 7) is 4.49. The molecule has 0 atom stereocenters. The standard InChI is InChI=1S/C6H15NS/c1-3-7(2)5-4-6-8/h8H,3-6H2,1-2H3. The molecule has 0 aliphatic carbocycles. The van der Waals surface area contributed by atoms with Crippen LogP contribution in [0.5, 0.6) is 0 Å². The van der Waals surface area contributed by atoms with Gasteiger partial charge >= 0.3 is 0 Å². The van der Waals surface area contributed by atoms with Crippen LogP contribution in [0.2, 0.25) is 0 Å². The molecule has 0 amide bonds. The van der Waals surface area contributed by atoms with Gasteiger partial charge in [-0.05, 0) is 32.3 Å². The van der Waals surface area contributed by atoms with E-state index in [-0.39, 0.29) is 0 Å². The molecule has 0 aromatic carbocycles.